The maximum absolute atomic E-state index is 13.5. The number of rotatable bonds is 3. The Kier molecular flexibility index (Phi) is 3.10. The van der Waals surface area contributed by atoms with Crippen LogP contribution in [0.1, 0.15) is 30.2 Å². The quantitative estimate of drug-likeness (QED) is 0.715. The van der Waals surface area contributed by atoms with E-state index in [-0.39, 0.29) is 4.83 Å². The first kappa shape index (κ1) is 11.1. The molecule has 1 aliphatic carbocycles. The Morgan fingerprint density at radius 3 is 2.53 bits per heavy atom. The third-order valence-corrected chi connectivity index (χ3v) is 4.41. The molecule has 2 atom stereocenters. The molecule has 1 saturated carbocycles. The second kappa shape index (κ2) is 4.20. The Labute approximate surface area is 96.8 Å². The highest BCUT2D eigenvalue weighted by Crippen LogP contribution is 2.46. The van der Waals surface area contributed by atoms with E-state index in [1.165, 1.54) is 25.0 Å². The highest BCUT2D eigenvalue weighted by atomic mass is 79.9. The molecule has 0 nitrogen and oxygen atoms in total. The van der Waals surface area contributed by atoms with E-state index in [0.717, 1.165) is 6.07 Å². The molecule has 0 bridgehead atoms. The molecule has 2 rings (SSSR count). The van der Waals surface area contributed by atoms with Crippen molar-refractivity contribution in [3.05, 3.63) is 35.4 Å². The van der Waals surface area contributed by atoms with Gasteiger partial charge in [0.2, 0.25) is 0 Å². The highest BCUT2D eigenvalue weighted by molar-refractivity contribution is 9.09. The van der Waals surface area contributed by atoms with Crippen molar-refractivity contribution in [3.63, 3.8) is 0 Å². The van der Waals surface area contributed by atoms with Gasteiger partial charge in [0.05, 0.1) is 0 Å². The van der Waals surface area contributed by atoms with E-state index in [9.17, 15) is 8.78 Å². The first-order valence-electron chi connectivity index (χ1n) is 5.18. The maximum Gasteiger partial charge on any atom is 0.130 e. The zero-order valence-electron chi connectivity index (χ0n) is 8.51. The summed E-state index contributed by atoms with van der Waals surface area (Å²) in [7, 11) is 0. The van der Waals surface area contributed by atoms with Crippen LogP contribution in [0.3, 0.4) is 0 Å². The molecule has 1 fully saturated rings. The van der Waals surface area contributed by atoms with Gasteiger partial charge in [-0.2, -0.15) is 0 Å². The summed E-state index contributed by atoms with van der Waals surface area (Å²) in [5, 5.41) is 0. The van der Waals surface area contributed by atoms with Crippen LogP contribution in [0.2, 0.25) is 0 Å². The normalized spacial score (nSPS) is 20.0. The summed E-state index contributed by atoms with van der Waals surface area (Å²) in [5.74, 6) is 0.128. The molecule has 0 spiro atoms. The Morgan fingerprint density at radius 1 is 1.33 bits per heavy atom. The number of benzene rings is 1. The summed E-state index contributed by atoms with van der Waals surface area (Å²) in [6.07, 6.45) is 2.46. The minimum atomic E-state index is -0.518. The fraction of sp³-hybridized carbons (Fsp3) is 0.500. The number of hydrogen-bond donors (Lipinski definition) is 0. The van der Waals surface area contributed by atoms with Gasteiger partial charge in [0.25, 0.3) is 0 Å². The largest absolute Gasteiger partial charge is 0.207 e. The average Bonchev–Trinajstić information content (AvgIpc) is 2.99. The Hall–Kier alpha value is -0.440. The summed E-state index contributed by atoms with van der Waals surface area (Å²) >= 11 is 3.50. The lowest BCUT2D eigenvalue weighted by atomic mass is 9.96. The van der Waals surface area contributed by atoms with Gasteiger partial charge in [-0.1, -0.05) is 28.9 Å². The number of alkyl halides is 1. The van der Waals surface area contributed by atoms with Crippen LogP contribution in [0.25, 0.3) is 0 Å². The molecule has 0 heterocycles. The third kappa shape index (κ3) is 2.39. The van der Waals surface area contributed by atoms with Gasteiger partial charge in [0.1, 0.15) is 11.6 Å². The van der Waals surface area contributed by atoms with E-state index < -0.39 is 11.6 Å². The average molecular weight is 275 g/mol. The topological polar surface area (TPSA) is 0 Å². The molecule has 1 aliphatic rings. The molecule has 0 radical (unpaired) electrons. The molecular formula is C12H13BrF2. The van der Waals surface area contributed by atoms with Crippen molar-refractivity contribution in [1.82, 2.24) is 0 Å². The van der Waals surface area contributed by atoms with Gasteiger partial charge >= 0.3 is 0 Å². The second-order valence-corrected chi connectivity index (χ2v) is 5.25. The van der Waals surface area contributed by atoms with Crippen molar-refractivity contribution >= 4 is 15.9 Å². The van der Waals surface area contributed by atoms with E-state index in [2.05, 4.69) is 22.9 Å². The summed E-state index contributed by atoms with van der Waals surface area (Å²) in [5.41, 5.74) is 0.566. The molecule has 0 aromatic heterocycles. The van der Waals surface area contributed by atoms with Crippen molar-refractivity contribution in [3.8, 4) is 0 Å². The molecule has 1 aromatic rings. The van der Waals surface area contributed by atoms with E-state index >= 15 is 0 Å². The van der Waals surface area contributed by atoms with Crippen LogP contribution in [0, 0.1) is 23.5 Å². The molecule has 0 aliphatic heterocycles. The third-order valence-electron chi connectivity index (χ3n) is 3.09. The monoisotopic (exact) mass is 274 g/mol. The maximum atomic E-state index is 13.5. The van der Waals surface area contributed by atoms with Gasteiger partial charge in [-0.05, 0) is 30.7 Å². The smallest absolute Gasteiger partial charge is 0.130 e. The first-order valence-corrected chi connectivity index (χ1v) is 6.10. The number of hydrogen-bond acceptors (Lipinski definition) is 0. The molecule has 2 unspecified atom stereocenters. The van der Waals surface area contributed by atoms with Crippen LogP contribution >= 0.6 is 15.9 Å². The predicted molar refractivity (Wildman–Crippen MR) is 59.9 cm³/mol. The lowest BCUT2D eigenvalue weighted by Gasteiger charge is -2.18. The van der Waals surface area contributed by atoms with Gasteiger partial charge in [0, 0.05) is 16.5 Å². The van der Waals surface area contributed by atoms with E-state index in [1.54, 1.807) is 0 Å². The van der Waals surface area contributed by atoms with Crippen LogP contribution in [0.5, 0.6) is 0 Å². The van der Waals surface area contributed by atoms with Crippen LogP contribution in [-0.2, 0) is 0 Å². The van der Waals surface area contributed by atoms with Crippen molar-refractivity contribution in [2.45, 2.75) is 24.6 Å². The standard InChI is InChI=1S/C12H13BrF2/c1-7(8-2-3-8)12(13)10-5-4-9(14)6-11(10)15/h4-8,12H,2-3H2,1H3. The zero-order chi connectivity index (χ0) is 11.0. The molecule has 3 heteroatoms. The van der Waals surface area contributed by atoms with E-state index in [4.69, 9.17) is 0 Å². The molecule has 82 valence electrons. The number of halogens is 3. The van der Waals surface area contributed by atoms with Gasteiger partial charge in [-0.15, -0.1) is 0 Å². The van der Waals surface area contributed by atoms with Gasteiger partial charge in [-0.3, -0.25) is 0 Å². The van der Waals surface area contributed by atoms with Crippen molar-refractivity contribution < 1.29 is 8.78 Å². The van der Waals surface area contributed by atoms with E-state index in [0.29, 0.717) is 17.4 Å². The van der Waals surface area contributed by atoms with Crippen LogP contribution in [0.15, 0.2) is 18.2 Å². The van der Waals surface area contributed by atoms with Crippen LogP contribution in [0.4, 0.5) is 8.78 Å². The lowest BCUT2D eigenvalue weighted by Crippen LogP contribution is -2.07. The van der Waals surface area contributed by atoms with Crippen molar-refractivity contribution in [2.24, 2.45) is 11.8 Å². The fourth-order valence-electron chi connectivity index (χ4n) is 1.87. The van der Waals surface area contributed by atoms with Gasteiger partial charge in [0.15, 0.2) is 0 Å². The minimum Gasteiger partial charge on any atom is -0.207 e. The Balaban J connectivity index is 2.20. The SMILES string of the molecule is CC(C1CC1)C(Br)c1ccc(F)cc1F. The molecular weight excluding hydrogens is 262 g/mol. The molecule has 0 saturated heterocycles. The first-order chi connectivity index (χ1) is 7.09. The highest BCUT2D eigenvalue weighted by Gasteiger charge is 2.33. The molecule has 0 amide bonds. The van der Waals surface area contributed by atoms with Crippen LogP contribution < -0.4 is 0 Å². The summed E-state index contributed by atoms with van der Waals surface area (Å²) in [4.78, 5) is -0.00870. The predicted octanol–water partition coefficient (Wildman–Crippen LogP) is 4.45. The Bertz CT molecular complexity index is 361. The zero-order valence-corrected chi connectivity index (χ0v) is 10.1. The second-order valence-electron chi connectivity index (χ2n) is 4.26. The lowest BCUT2D eigenvalue weighted by molar-refractivity contribution is 0.483. The van der Waals surface area contributed by atoms with E-state index in [1.807, 2.05) is 0 Å². The summed E-state index contributed by atoms with van der Waals surface area (Å²) in [6, 6.07) is 3.79. The molecule has 1 aromatic carbocycles. The van der Waals surface area contributed by atoms with Gasteiger partial charge in [-0.25, -0.2) is 8.78 Å². The Morgan fingerprint density at radius 2 is 2.00 bits per heavy atom. The summed E-state index contributed by atoms with van der Waals surface area (Å²) in [6.45, 7) is 2.11. The minimum absolute atomic E-state index is 0.00870. The molecule has 0 N–H and O–H groups in total. The van der Waals surface area contributed by atoms with Crippen LogP contribution in [-0.4, -0.2) is 0 Å². The molecule has 15 heavy (non-hydrogen) atoms. The van der Waals surface area contributed by atoms with Gasteiger partial charge < -0.3 is 0 Å². The van der Waals surface area contributed by atoms with Crippen molar-refractivity contribution in [2.75, 3.05) is 0 Å². The van der Waals surface area contributed by atoms with Crippen molar-refractivity contribution in [1.29, 1.82) is 0 Å². The summed E-state index contributed by atoms with van der Waals surface area (Å²) < 4.78 is 26.2. The fourth-order valence-corrected chi connectivity index (χ4v) is 2.67.